The number of hydrogen-bond acceptors (Lipinski definition) is 3. The largest absolute Gasteiger partial charge is 0.476 e. The summed E-state index contributed by atoms with van der Waals surface area (Å²) >= 11 is 2.14. The quantitative estimate of drug-likeness (QED) is 0.655. The lowest BCUT2D eigenvalue weighted by Gasteiger charge is -2.14. The molecular weight excluding hydrogens is 299 g/mol. The van der Waals surface area contributed by atoms with Crippen LogP contribution in [-0.4, -0.2) is 27.5 Å². The van der Waals surface area contributed by atoms with Crippen LogP contribution >= 0.6 is 22.6 Å². The number of alkyl halides is 1. The molecule has 2 rings (SSSR count). The lowest BCUT2D eigenvalue weighted by atomic mass is 10.2. The van der Waals surface area contributed by atoms with E-state index in [4.69, 9.17) is 9.84 Å². The highest BCUT2D eigenvalue weighted by Gasteiger charge is 2.23. The molecule has 0 bridgehead atoms. The van der Waals surface area contributed by atoms with E-state index in [0.29, 0.717) is 24.2 Å². The first-order valence-corrected chi connectivity index (χ1v) is 5.72. The molecule has 0 saturated carbocycles. The maximum Gasteiger partial charge on any atom is 0.356 e. The Morgan fingerprint density at radius 1 is 1.71 bits per heavy atom. The maximum absolute atomic E-state index is 10.9. The van der Waals surface area contributed by atoms with Gasteiger partial charge in [0.2, 0.25) is 0 Å². The predicted molar refractivity (Wildman–Crippen MR) is 56.6 cm³/mol. The fourth-order valence-corrected chi connectivity index (χ4v) is 2.31. The van der Waals surface area contributed by atoms with Crippen LogP contribution in [0.3, 0.4) is 0 Å². The van der Waals surface area contributed by atoms with Crippen molar-refractivity contribution in [3.63, 3.8) is 0 Å². The van der Waals surface area contributed by atoms with Gasteiger partial charge >= 0.3 is 5.97 Å². The Kier molecular flexibility index (Phi) is 2.73. The fraction of sp³-hybridized carbons (Fsp3) is 0.500. The number of carboxylic acids is 1. The molecule has 5 nitrogen and oxygen atoms in total. The zero-order valence-electron chi connectivity index (χ0n) is 7.36. The molecule has 0 fully saturated rings. The molecule has 0 atom stereocenters. The summed E-state index contributed by atoms with van der Waals surface area (Å²) in [5, 5.41) is 13.0. The summed E-state index contributed by atoms with van der Waals surface area (Å²) in [6.45, 7) is 1.72. The molecule has 14 heavy (non-hydrogen) atoms. The Hall–Kier alpha value is -0.630. The standard InChI is InChI=1S/C8H9IN2O3/c9-3-5-6-4-14-2-1-11(6)10-7(5)8(12)13/h1-4H2,(H,12,13). The molecule has 2 heterocycles. The van der Waals surface area contributed by atoms with Crippen molar-refractivity contribution in [1.29, 1.82) is 0 Å². The van der Waals surface area contributed by atoms with Crippen molar-refractivity contribution in [3.05, 3.63) is 17.0 Å². The van der Waals surface area contributed by atoms with Gasteiger partial charge in [-0.25, -0.2) is 4.79 Å². The summed E-state index contributed by atoms with van der Waals surface area (Å²) in [4.78, 5) is 10.9. The predicted octanol–water partition coefficient (Wildman–Crippen LogP) is 1.05. The van der Waals surface area contributed by atoms with Crippen LogP contribution in [-0.2, 0) is 22.3 Å². The lowest BCUT2D eigenvalue weighted by molar-refractivity contribution is 0.0684. The van der Waals surface area contributed by atoms with Crippen LogP contribution < -0.4 is 0 Å². The van der Waals surface area contributed by atoms with E-state index in [1.165, 1.54) is 0 Å². The Morgan fingerprint density at radius 3 is 3.14 bits per heavy atom. The molecular formula is C8H9IN2O3. The molecule has 0 aliphatic carbocycles. The van der Waals surface area contributed by atoms with Gasteiger partial charge < -0.3 is 9.84 Å². The molecule has 1 N–H and O–H groups in total. The number of nitrogens with zero attached hydrogens (tertiary/aromatic N) is 2. The second kappa shape index (κ2) is 3.85. The first kappa shape index (κ1) is 9.91. The van der Waals surface area contributed by atoms with E-state index in [-0.39, 0.29) is 5.69 Å². The molecule has 0 saturated heterocycles. The van der Waals surface area contributed by atoms with E-state index in [1.807, 2.05) is 0 Å². The van der Waals surface area contributed by atoms with Crippen molar-refractivity contribution < 1.29 is 14.6 Å². The van der Waals surface area contributed by atoms with Crippen LogP contribution in [0, 0.1) is 0 Å². The molecule has 1 aromatic heterocycles. The van der Waals surface area contributed by atoms with Gasteiger partial charge in [0.15, 0.2) is 5.69 Å². The molecule has 0 aromatic carbocycles. The summed E-state index contributed by atoms with van der Waals surface area (Å²) in [5.74, 6) is -0.960. The van der Waals surface area contributed by atoms with Crippen LogP contribution in [0.4, 0.5) is 0 Å². The summed E-state index contributed by atoms with van der Waals surface area (Å²) < 4.78 is 7.66. The zero-order valence-corrected chi connectivity index (χ0v) is 9.52. The lowest BCUT2D eigenvalue weighted by Crippen LogP contribution is -2.17. The molecule has 6 heteroatoms. The van der Waals surface area contributed by atoms with Gasteiger partial charge in [-0.15, -0.1) is 0 Å². The van der Waals surface area contributed by atoms with Crippen LogP contribution in [0.5, 0.6) is 0 Å². The van der Waals surface area contributed by atoms with Gasteiger partial charge in [-0.05, 0) is 0 Å². The van der Waals surface area contributed by atoms with Gasteiger partial charge in [-0.1, -0.05) is 22.6 Å². The highest BCUT2D eigenvalue weighted by atomic mass is 127. The molecule has 0 amide bonds. The molecule has 0 spiro atoms. The van der Waals surface area contributed by atoms with E-state index in [9.17, 15) is 4.79 Å². The van der Waals surface area contributed by atoms with Gasteiger partial charge in [0.1, 0.15) is 0 Å². The number of aromatic nitrogens is 2. The van der Waals surface area contributed by atoms with Crippen molar-refractivity contribution in [2.24, 2.45) is 0 Å². The van der Waals surface area contributed by atoms with Crippen molar-refractivity contribution in [1.82, 2.24) is 9.78 Å². The molecule has 1 aliphatic heterocycles. The molecule has 0 radical (unpaired) electrons. The van der Waals surface area contributed by atoms with Crippen molar-refractivity contribution in [2.75, 3.05) is 6.61 Å². The van der Waals surface area contributed by atoms with Gasteiger partial charge in [0.25, 0.3) is 0 Å². The maximum atomic E-state index is 10.9. The second-order valence-electron chi connectivity index (χ2n) is 2.99. The van der Waals surface area contributed by atoms with E-state index in [1.54, 1.807) is 4.68 Å². The third-order valence-corrected chi connectivity index (χ3v) is 2.95. The second-order valence-corrected chi connectivity index (χ2v) is 3.75. The number of ether oxygens (including phenoxy) is 1. The monoisotopic (exact) mass is 308 g/mol. The number of aromatic carboxylic acids is 1. The van der Waals surface area contributed by atoms with Gasteiger partial charge in [0.05, 0.1) is 25.5 Å². The average molecular weight is 308 g/mol. The number of carbonyl (C=O) groups is 1. The number of hydrogen-bond donors (Lipinski definition) is 1. The Morgan fingerprint density at radius 2 is 2.50 bits per heavy atom. The highest BCUT2D eigenvalue weighted by Crippen LogP contribution is 2.21. The first-order chi connectivity index (χ1) is 6.74. The van der Waals surface area contributed by atoms with E-state index >= 15 is 0 Å². The summed E-state index contributed by atoms with van der Waals surface area (Å²) in [6, 6.07) is 0. The summed E-state index contributed by atoms with van der Waals surface area (Å²) in [7, 11) is 0. The normalized spacial score (nSPS) is 15.2. The summed E-state index contributed by atoms with van der Waals surface area (Å²) in [6.07, 6.45) is 0. The Labute approximate surface area is 94.2 Å². The van der Waals surface area contributed by atoms with Crippen molar-refractivity contribution >= 4 is 28.6 Å². The fourth-order valence-electron chi connectivity index (χ4n) is 1.51. The smallest absolute Gasteiger partial charge is 0.356 e. The number of halogens is 1. The topological polar surface area (TPSA) is 64.3 Å². The van der Waals surface area contributed by atoms with E-state index in [0.717, 1.165) is 11.3 Å². The van der Waals surface area contributed by atoms with Crippen LogP contribution in [0.15, 0.2) is 0 Å². The molecule has 1 aliphatic rings. The minimum Gasteiger partial charge on any atom is -0.476 e. The number of carboxylic acid groups (broad SMARTS) is 1. The number of fused-ring (bicyclic) bond motifs is 1. The van der Waals surface area contributed by atoms with Crippen molar-refractivity contribution in [2.45, 2.75) is 17.6 Å². The molecule has 76 valence electrons. The van der Waals surface area contributed by atoms with E-state index < -0.39 is 5.97 Å². The third kappa shape index (κ3) is 1.52. The summed E-state index contributed by atoms with van der Waals surface area (Å²) in [5.41, 5.74) is 1.86. The Balaban J connectivity index is 2.51. The molecule has 0 unspecified atom stereocenters. The van der Waals surface area contributed by atoms with Gasteiger partial charge in [-0.3, -0.25) is 4.68 Å². The first-order valence-electron chi connectivity index (χ1n) is 4.19. The van der Waals surface area contributed by atoms with Crippen LogP contribution in [0.25, 0.3) is 0 Å². The highest BCUT2D eigenvalue weighted by molar-refractivity contribution is 14.1. The van der Waals surface area contributed by atoms with Crippen LogP contribution in [0.2, 0.25) is 0 Å². The van der Waals surface area contributed by atoms with E-state index in [2.05, 4.69) is 27.7 Å². The third-order valence-electron chi connectivity index (χ3n) is 2.19. The average Bonchev–Trinajstić information content (AvgIpc) is 2.56. The Bertz CT molecular complexity index is 375. The SMILES string of the molecule is O=C(O)c1nn2c(c1CI)COCC2. The van der Waals surface area contributed by atoms with Crippen LogP contribution in [0.1, 0.15) is 21.7 Å². The van der Waals surface area contributed by atoms with Crippen molar-refractivity contribution in [3.8, 4) is 0 Å². The number of rotatable bonds is 2. The van der Waals surface area contributed by atoms with Gasteiger partial charge in [0, 0.05) is 9.99 Å². The van der Waals surface area contributed by atoms with Gasteiger partial charge in [-0.2, -0.15) is 5.10 Å². The minimum atomic E-state index is -0.960. The molecule has 1 aromatic rings. The zero-order chi connectivity index (χ0) is 10.1. The minimum absolute atomic E-state index is 0.167.